The molecule has 0 amide bonds. The molecule has 0 spiro atoms. The molecule has 0 bridgehead atoms. The van der Waals surface area contributed by atoms with Crippen molar-refractivity contribution in [3.8, 4) is 11.5 Å². The first-order valence-corrected chi connectivity index (χ1v) is 8.98. The largest absolute Gasteiger partial charge is 0.444 e. The van der Waals surface area contributed by atoms with Gasteiger partial charge in [-0.15, -0.1) is 0 Å². The highest BCUT2D eigenvalue weighted by Crippen LogP contribution is 2.38. The van der Waals surface area contributed by atoms with E-state index >= 15 is 0 Å². The molecule has 0 aliphatic heterocycles. The molecular formula is C19H22F6N2O. The highest BCUT2D eigenvalue weighted by molar-refractivity contribution is 5.57. The number of hydrogen-bond acceptors (Lipinski definition) is 3. The number of alkyl halides is 6. The lowest BCUT2D eigenvalue weighted by atomic mass is 10.0. The Morgan fingerprint density at radius 2 is 1.61 bits per heavy atom. The molecule has 2 rings (SSSR count). The van der Waals surface area contributed by atoms with E-state index < -0.39 is 23.5 Å². The summed E-state index contributed by atoms with van der Waals surface area (Å²) >= 11 is 0. The molecule has 0 radical (unpaired) electrons. The van der Waals surface area contributed by atoms with E-state index in [1.54, 1.807) is 0 Å². The summed E-state index contributed by atoms with van der Waals surface area (Å²) in [5, 5.41) is 3.21. The summed E-state index contributed by atoms with van der Waals surface area (Å²) in [6.45, 7) is 4.41. The molecule has 1 heterocycles. The SMILES string of the molecule is CCCCCC(C)NCc1coc(-c2cc(C(F)(F)F)cc(C(F)(F)F)c2)n1. The minimum absolute atomic E-state index is 0.0763. The molecule has 1 aromatic carbocycles. The normalized spacial score (nSPS) is 13.7. The number of benzene rings is 1. The first kappa shape index (κ1) is 22.3. The molecule has 1 unspecified atom stereocenters. The number of unbranched alkanes of at least 4 members (excludes halogenated alkanes) is 2. The summed E-state index contributed by atoms with van der Waals surface area (Å²) in [4.78, 5) is 4.03. The predicted octanol–water partition coefficient (Wildman–Crippen LogP) is 6.44. The standard InChI is InChI=1S/C19H22F6N2O/c1-3-4-5-6-12(2)26-10-16-11-28-17(27-16)13-7-14(18(20,21)22)9-15(8-13)19(23,24)25/h7-9,11-12,26H,3-6,10H2,1-2H3. The van der Waals surface area contributed by atoms with Gasteiger partial charge in [0.05, 0.1) is 16.8 Å². The lowest BCUT2D eigenvalue weighted by molar-refractivity contribution is -0.143. The van der Waals surface area contributed by atoms with Gasteiger partial charge in [-0.2, -0.15) is 26.3 Å². The quantitative estimate of drug-likeness (QED) is 0.404. The van der Waals surface area contributed by atoms with Crippen LogP contribution in [0.2, 0.25) is 0 Å². The maximum Gasteiger partial charge on any atom is 0.416 e. The van der Waals surface area contributed by atoms with Crippen LogP contribution in [0.15, 0.2) is 28.9 Å². The molecule has 28 heavy (non-hydrogen) atoms. The number of aromatic nitrogens is 1. The van der Waals surface area contributed by atoms with E-state index in [0.29, 0.717) is 24.4 Å². The maximum atomic E-state index is 13.0. The molecule has 0 saturated carbocycles. The number of nitrogens with one attached hydrogen (secondary N) is 1. The van der Waals surface area contributed by atoms with Crippen molar-refractivity contribution < 1.29 is 30.8 Å². The molecular weight excluding hydrogens is 386 g/mol. The van der Waals surface area contributed by atoms with Crippen molar-refractivity contribution in [2.45, 2.75) is 64.5 Å². The van der Waals surface area contributed by atoms with Crippen molar-refractivity contribution in [1.82, 2.24) is 10.3 Å². The van der Waals surface area contributed by atoms with Gasteiger partial charge in [0.2, 0.25) is 5.89 Å². The molecule has 3 nitrogen and oxygen atoms in total. The van der Waals surface area contributed by atoms with Crippen LogP contribution in [0, 0.1) is 0 Å². The van der Waals surface area contributed by atoms with Crippen LogP contribution in [-0.4, -0.2) is 11.0 Å². The van der Waals surface area contributed by atoms with Crippen LogP contribution in [0.5, 0.6) is 0 Å². The molecule has 9 heteroatoms. The van der Waals surface area contributed by atoms with E-state index in [9.17, 15) is 26.3 Å². The fourth-order valence-corrected chi connectivity index (χ4v) is 2.68. The van der Waals surface area contributed by atoms with Crippen molar-refractivity contribution in [3.05, 3.63) is 41.3 Å². The van der Waals surface area contributed by atoms with Crippen LogP contribution in [0.3, 0.4) is 0 Å². The highest BCUT2D eigenvalue weighted by Gasteiger charge is 2.37. The molecule has 0 saturated heterocycles. The van der Waals surface area contributed by atoms with Crippen LogP contribution in [0.4, 0.5) is 26.3 Å². The Morgan fingerprint density at radius 1 is 1.00 bits per heavy atom. The second-order valence-electron chi connectivity index (χ2n) is 6.72. The third-order valence-corrected chi connectivity index (χ3v) is 4.26. The molecule has 1 atom stereocenters. The van der Waals surface area contributed by atoms with Gasteiger partial charge < -0.3 is 9.73 Å². The van der Waals surface area contributed by atoms with Gasteiger partial charge in [-0.1, -0.05) is 26.2 Å². The van der Waals surface area contributed by atoms with Crippen molar-refractivity contribution in [2.24, 2.45) is 0 Å². The Labute approximate surface area is 159 Å². The first-order chi connectivity index (χ1) is 13.0. The van der Waals surface area contributed by atoms with Gasteiger partial charge >= 0.3 is 12.4 Å². The molecule has 156 valence electrons. The summed E-state index contributed by atoms with van der Waals surface area (Å²) in [5.74, 6) is -0.285. The van der Waals surface area contributed by atoms with Crippen LogP contribution >= 0.6 is 0 Å². The van der Waals surface area contributed by atoms with E-state index in [1.165, 1.54) is 6.26 Å². The Balaban J connectivity index is 2.17. The highest BCUT2D eigenvalue weighted by atomic mass is 19.4. The van der Waals surface area contributed by atoms with Crippen molar-refractivity contribution in [3.63, 3.8) is 0 Å². The summed E-state index contributed by atoms with van der Waals surface area (Å²) in [6.07, 6.45) is -4.34. The summed E-state index contributed by atoms with van der Waals surface area (Å²) in [7, 11) is 0. The lowest BCUT2D eigenvalue weighted by Gasteiger charge is -2.13. The minimum Gasteiger partial charge on any atom is -0.444 e. The van der Waals surface area contributed by atoms with Crippen molar-refractivity contribution in [1.29, 1.82) is 0 Å². The minimum atomic E-state index is -4.92. The molecule has 1 N–H and O–H groups in total. The zero-order valence-electron chi connectivity index (χ0n) is 15.5. The summed E-state index contributed by atoms with van der Waals surface area (Å²) < 4.78 is 82.9. The number of hydrogen-bond donors (Lipinski definition) is 1. The van der Waals surface area contributed by atoms with Gasteiger partial charge in [-0.05, 0) is 31.5 Å². The van der Waals surface area contributed by atoms with E-state index in [0.717, 1.165) is 25.7 Å². The van der Waals surface area contributed by atoms with Crippen LogP contribution < -0.4 is 5.32 Å². The fourth-order valence-electron chi connectivity index (χ4n) is 2.68. The van der Waals surface area contributed by atoms with Crippen LogP contribution in [0.1, 0.15) is 56.4 Å². The van der Waals surface area contributed by atoms with Gasteiger partial charge in [0.15, 0.2) is 0 Å². The van der Waals surface area contributed by atoms with Gasteiger partial charge in [-0.3, -0.25) is 0 Å². The second-order valence-corrected chi connectivity index (χ2v) is 6.72. The molecule has 0 aliphatic carbocycles. The molecule has 2 aromatic rings. The van der Waals surface area contributed by atoms with Crippen LogP contribution in [0.25, 0.3) is 11.5 Å². The number of nitrogens with zero attached hydrogens (tertiary/aromatic N) is 1. The topological polar surface area (TPSA) is 38.1 Å². The molecule has 0 fully saturated rings. The fraction of sp³-hybridized carbons (Fsp3) is 0.526. The van der Waals surface area contributed by atoms with Gasteiger partial charge in [0.25, 0.3) is 0 Å². The van der Waals surface area contributed by atoms with E-state index in [1.807, 2.05) is 6.92 Å². The smallest absolute Gasteiger partial charge is 0.416 e. The van der Waals surface area contributed by atoms with Gasteiger partial charge in [0.1, 0.15) is 6.26 Å². The Kier molecular flexibility index (Phi) is 7.14. The van der Waals surface area contributed by atoms with Crippen LogP contribution in [-0.2, 0) is 18.9 Å². The summed E-state index contributed by atoms with van der Waals surface area (Å²) in [6, 6.07) is 1.49. The molecule has 0 aliphatic rings. The summed E-state index contributed by atoms with van der Waals surface area (Å²) in [5.41, 5.74) is -2.77. The average Bonchev–Trinajstić information content (AvgIpc) is 3.07. The average molecular weight is 408 g/mol. The zero-order valence-corrected chi connectivity index (χ0v) is 15.5. The van der Waals surface area contributed by atoms with E-state index in [2.05, 4.69) is 17.2 Å². The zero-order chi connectivity index (χ0) is 20.9. The Hall–Kier alpha value is -2.03. The van der Waals surface area contributed by atoms with Gasteiger partial charge in [0, 0.05) is 18.2 Å². The number of rotatable bonds is 8. The van der Waals surface area contributed by atoms with E-state index in [4.69, 9.17) is 4.42 Å². The second kappa shape index (κ2) is 8.98. The predicted molar refractivity (Wildman–Crippen MR) is 92.4 cm³/mol. The first-order valence-electron chi connectivity index (χ1n) is 8.98. The third kappa shape index (κ3) is 6.25. The Bertz CT molecular complexity index is 734. The third-order valence-electron chi connectivity index (χ3n) is 4.26. The maximum absolute atomic E-state index is 13.0. The van der Waals surface area contributed by atoms with Gasteiger partial charge in [-0.25, -0.2) is 4.98 Å². The number of oxazole rings is 1. The van der Waals surface area contributed by atoms with Crippen molar-refractivity contribution >= 4 is 0 Å². The van der Waals surface area contributed by atoms with E-state index in [-0.39, 0.29) is 23.6 Å². The molecule has 1 aromatic heterocycles. The lowest BCUT2D eigenvalue weighted by Crippen LogP contribution is -2.25. The monoisotopic (exact) mass is 408 g/mol. The van der Waals surface area contributed by atoms with Crippen molar-refractivity contribution in [2.75, 3.05) is 0 Å². The number of halogens is 6. The Morgan fingerprint density at radius 3 is 2.14 bits per heavy atom.